The fourth-order valence-electron chi connectivity index (χ4n) is 4.11. The van der Waals surface area contributed by atoms with Crippen molar-refractivity contribution in [3.8, 4) is 11.5 Å². The second kappa shape index (κ2) is 8.96. The molecule has 2 fully saturated rings. The van der Waals surface area contributed by atoms with Crippen molar-refractivity contribution in [3.05, 3.63) is 59.0 Å². The SMILES string of the molecule is COc1cccc(/C=C2\SC(=Nc3ccccc3)N([C@@H]3CCCC[C@H]3C)C2=O)c1O. The van der Waals surface area contributed by atoms with Crippen LogP contribution in [-0.2, 0) is 4.79 Å². The summed E-state index contributed by atoms with van der Waals surface area (Å²) in [4.78, 5) is 20.7. The molecule has 0 spiro atoms. The van der Waals surface area contributed by atoms with E-state index in [0.717, 1.165) is 24.9 Å². The Labute approximate surface area is 181 Å². The van der Waals surface area contributed by atoms with Crippen molar-refractivity contribution in [2.75, 3.05) is 7.11 Å². The minimum atomic E-state index is -0.0457. The van der Waals surface area contributed by atoms with Crippen LogP contribution in [0.15, 0.2) is 58.4 Å². The van der Waals surface area contributed by atoms with Crippen molar-refractivity contribution < 1.29 is 14.6 Å². The molecule has 2 aliphatic rings. The van der Waals surface area contributed by atoms with Gasteiger partial charge in [0, 0.05) is 11.6 Å². The number of aliphatic imine (C=N–C) groups is 1. The molecule has 1 N–H and O–H groups in total. The Morgan fingerprint density at radius 3 is 2.63 bits per heavy atom. The average molecular weight is 423 g/mol. The van der Waals surface area contributed by atoms with Crippen LogP contribution in [0, 0.1) is 5.92 Å². The number of nitrogens with zero attached hydrogens (tertiary/aromatic N) is 2. The van der Waals surface area contributed by atoms with Gasteiger partial charge in [0.25, 0.3) is 5.91 Å². The quantitative estimate of drug-likeness (QED) is 0.653. The number of para-hydroxylation sites is 2. The number of hydrogen-bond donors (Lipinski definition) is 1. The molecule has 1 heterocycles. The van der Waals surface area contributed by atoms with E-state index in [1.54, 1.807) is 24.3 Å². The number of carbonyl (C=O) groups is 1. The molecule has 156 valence electrons. The Morgan fingerprint density at radius 2 is 1.90 bits per heavy atom. The number of hydrogen-bond acceptors (Lipinski definition) is 5. The highest BCUT2D eigenvalue weighted by Crippen LogP contribution is 2.41. The number of thioether (sulfide) groups is 1. The van der Waals surface area contributed by atoms with Crippen LogP contribution in [0.1, 0.15) is 38.2 Å². The number of benzene rings is 2. The van der Waals surface area contributed by atoms with Gasteiger partial charge in [0.05, 0.1) is 17.7 Å². The van der Waals surface area contributed by atoms with Gasteiger partial charge in [-0.3, -0.25) is 9.69 Å². The van der Waals surface area contributed by atoms with Gasteiger partial charge in [-0.25, -0.2) is 4.99 Å². The van der Waals surface area contributed by atoms with Gasteiger partial charge in [-0.05, 0) is 54.8 Å². The third-order valence-corrected chi connectivity index (χ3v) is 6.74. The Bertz CT molecular complexity index is 987. The van der Waals surface area contributed by atoms with Crippen LogP contribution >= 0.6 is 11.8 Å². The number of aromatic hydroxyl groups is 1. The topological polar surface area (TPSA) is 62.1 Å². The smallest absolute Gasteiger partial charge is 0.267 e. The molecular weight excluding hydrogens is 396 g/mol. The number of phenolic OH excluding ortho intramolecular Hbond substituents is 1. The van der Waals surface area contributed by atoms with E-state index >= 15 is 0 Å². The summed E-state index contributed by atoms with van der Waals surface area (Å²) in [6, 6.07) is 15.1. The van der Waals surface area contributed by atoms with Crippen LogP contribution in [0.4, 0.5) is 5.69 Å². The van der Waals surface area contributed by atoms with Crippen LogP contribution in [0.3, 0.4) is 0 Å². The van der Waals surface area contributed by atoms with E-state index in [0.29, 0.717) is 27.3 Å². The molecule has 6 heteroatoms. The molecule has 30 heavy (non-hydrogen) atoms. The lowest BCUT2D eigenvalue weighted by atomic mass is 9.85. The summed E-state index contributed by atoms with van der Waals surface area (Å²) in [5.41, 5.74) is 1.38. The predicted molar refractivity (Wildman–Crippen MR) is 122 cm³/mol. The van der Waals surface area contributed by atoms with E-state index < -0.39 is 0 Å². The maximum Gasteiger partial charge on any atom is 0.267 e. The van der Waals surface area contributed by atoms with Gasteiger partial charge < -0.3 is 9.84 Å². The molecule has 2 aromatic rings. The standard InChI is InChI=1S/C24H26N2O3S/c1-16-9-6-7-13-19(16)26-23(28)21(15-17-10-8-14-20(29-2)22(17)27)30-24(26)25-18-11-4-3-5-12-18/h3-5,8,10-12,14-16,19,27H,6-7,9,13H2,1-2H3/b21-15-,25-24?/t16-,19-/m1/s1. The summed E-state index contributed by atoms with van der Waals surface area (Å²) in [6.45, 7) is 2.22. The number of amidine groups is 1. The lowest BCUT2D eigenvalue weighted by Gasteiger charge is -2.35. The molecule has 5 nitrogen and oxygen atoms in total. The summed E-state index contributed by atoms with van der Waals surface area (Å²) < 4.78 is 5.20. The van der Waals surface area contributed by atoms with Gasteiger partial charge in [0.2, 0.25) is 0 Å². The predicted octanol–water partition coefficient (Wildman–Crippen LogP) is 5.58. The van der Waals surface area contributed by atoms with E-state index in [2.05, 4.69) is 6.92 Å². The lowest BCUT2D eigenvalue weighted by Crippen LogP contribution is -2.44. The van der Waals surface area contributed by atoms with Crippen molar-refractivity contribution in [1.29, 1.82) is 0 Å². The molecule has 1 amide bonds. The fraction of sp³-hybridized carbons (Fsp3) is 0.333. The van der Waals surface area contributed by atoms with Crippen molar-refractivity contribution in [3.63, 3.8) is 0 Å². The molecule has 2 atom stereocenters. The van der Waals surface area contributed by atoms with Gasteiger partial charge in [0.15, 0.2) is 16.7 Å². The molecule has 0 bridgehead atoms. The van der Waals surface area contributed by atoms with Gasteiger partial charge >= 0.3 is 0 Å². The van der Waals surface area contributed by atoms with E-state index in [-0.39, 0.29) is 17.7 Å². The van der Waals surface area contributed by atoms with Gasteiger partial charge in [-0.2, -0.15) is 0 Å². The number of phenols is 1. The van der Waals surface area contributed by atoms with Crippen molar-refractivity contribution >= 4 is 34.6 Å². The molecule has 2 aromatic carbocycles. The highest BCUT2D eigenvalue weighted by atomic mass is 32.2. The van der Waals surface area contributed by atoms with Crippen LogP contribution in [0.5, 0.6) is 11.5 Å². The first-order chi connectivity index (χ1) is 14.6. The van der Waals surface area contributed by atoms with Gasteiger partial charge in [-0.15, -0.1) is 0 Å². The zero-order valence-electron chi connectivity index (χ0n) is 17.2. The van der Waals surface area contributed by atoms with E-state index in [9.17, 15) is 9.90 Å². The van der Waals surface area contributed by atoms with Crippen LogP contribution in [0.2, 0.25) is 0 Å². The second-order valence-corrected chi connectivity index (χ2v) is 8.75. The highest BCUT2D eigenvalue weighted by Gasteiger charge is 2.41. The van der Waals surface area contributed by atoms with E-state index in [4.69, 9.17) is 9.73 Å². The summed E-state index contributed by atoms with van der Waals surface area (Å²) in [7, 11) is 1.51. The number of carbonyl (C=O) groups excluding carboxylic acids is 1. The van der Waals surface area contributed by atoms with Crippen LogP contribution in [0.25, 0.3) is 6.08 Å². The molecule has 4 rings (SSSR count). The zero-order valence-corrected chi connectivity index (χ0v) is 18.1. The molecule has 1 aliphatic heterocycles. The van der Waals surface area contributed by atoms with Crippen molar-refractivity contribution in [1.82, 2.24) is 4.90 Å². The Hall–Kier alpha value is -2.73. The first-order valence-electron chi connectivity index (χ1n) is 10.3. The summed E-state index contributed by atoms with van der Waals surface area (Å²) in [5.74, 6) is 0.798. The molecule has 1 saturated carbocycles. The maximum atomic E-state index is 13.5. The third kappa shape index (κ3) is 4.10. The number of ether oxygens (including phenoxy) is 1. The molecule has 0 radical (unpaired) electrons. The molecular formula is C24H26N2O3S. The first-order valence-corrected chi connectivity index (χ1v) is 11.1. The van der Waals surface area contributed by atoms with Gasteiger partial charge in [0.1, 0.15) is 0 Å². The molecule has 1 saturated heterocycles. The Morgan fingerprint density at radius 1 is 1.13 bits per heavy atom. The Balaban J connectivity index is 1.74. The number of methoxy groups -OCH3 is 1. The summed E-state index contributed by atoms with van der Waals surface area (Å²) in [5, 5.41) is 11.2. The van der Waals surface area contributed by atoms with E-state index in [1.165, 1.54) is 25.3 Å². The highest BCUT2D eigenvalue weighted by molar-refractivity contribution is 8.18. The minimum absolute atomic E-state index is 0.0342. The van der Waals surface area contributed by atoms with Crippen LogP contribution < -0.4 is 4.74 Å². The van der Waals surface area contributed by atoms with Crippen LogP contribution in [-0.4, -0.2) is 34.2 Å². The fourth-order valence-corrected chi connectivity index (χ4v) is 5.15. The van der Waals surface area contributed by atoms with Gasteiger partial charge in [-0.1, -0.05) is 50.1 Å². The lowest BCUT2D eigenvalue weighted by molar-refractivity contribution is -0.124. The largest absolute Gasteiger partial charge is 0.504 e. The molecule has 0 aromatic heterocycles. The normalized spacial score (nSPS) is 24.6. The zero-order chi connectivity index (χ0) is 21.1. The summed E-state index contributed by atoms with van der Waals surface area (Å²) in [6.07, 6.45) is 6.17. The third-order valence-electron chi connectivity index (χ3n) is 5.75. The maximum absolute atomic E-state index is 13.5. The van der Waals surface area contributed by atoms with E-state index in [1.807, 2.05) is 35.2 Å². The molecule has 1 aliphatic carbocycles. The average Bonchev–Trinajstić information content (AvgIpc) is 3.05. The first kappa shape index (κ1) is 20.5. The summed E-state index contributed by atoms with van der Waals surface area (Å²) >= 11 is 1.37. The van der Waals surface area contributed by atoms with Crippen molar-refractivity contribution in [2.24, 2.45) is 10.9 Å². The minimum Gasteiger partial charge on any atom is -0.504 e. The number of amides is 1. The number of rotatable bonds is 4. The monoisotopic (exact) mass is 422 g/mol. The Kier molecular flexibility index (Phi) is 6.13. The van der Waals surface area contributed by atoms with Crippen molar-refractivity contribution in [2.45, 2.75) is 38.6 Å². The second-order valence-electron chi connectivity index (χ2n) is 7.74. The molecule has 0 unspecified atom stereocenters.